The molecule has 3 heterocycles. The Kier molecular flexibility index (Phi) is 6.38. The number of amides is 2. The predicted octanol–water partition coefficient (Wildman–Crippen LogP) is 1.04. The van der Waals surface area contributed by atoms with Crippen LogP contribution in [0, 0.1) is 0 Å². The molecule has 2 aromatic heterocycles. The Morgan fingerprint density at radius 1 is 0.977 bits per heavy atom. The number of aromatic amines is 1. The molecule has 2 amide bonds. The third-order valence-electron chi connectivity index (χ3n) is 8.06. The molecule has 0 radical (unpaired) electrons. The molecule has 1 aliphatic carbocycles. The highest BCUT2D eigenvalue weighted by Crippen LogP contribution is 2.36. The van der Waals surface area contributed by atoms with Crippen LogP contribution in [-0.4, -0.2) is 38.5 Å². The number of anilines is 3. The van der Waals surface area contributed by atoms with Crippen LogP contribution in [0.3, 0.4) is 0 Å². The van der Waals surface area contributed by atoms with Gasteiger partial charge < -0.3 is 21.3 Å². The number of hydrogen-bond acceptors (Lipinski definition) is 11. The normalized spacial score (nSPS) is 15.3. The molecule has 0 fully saturated rings. The molecule has 0 unspecified atom stereocenters. The zero-order valence-electron chi connectivity index (χ0n) is 23.0. The smallest absolute Gasteiger partial charge is 0.394 e. The Morgan fingerprint density at radius 3 is 2.57 bits per heavy atom. The number of carbonyl (C=O) groups is 2. The zero-order chi connectivity index (χ0) is 30.5. The molecule has 14 nitrogen and oxygen atoms in total. The summed E-state index contributed by atoms with van der Waals surface area (Å²) < 4.78 is 4.58. The molecule has 220 valence electrons. The lowest BCUT2D eigenvalue weighted by atomic mass is 10.0. The molecule has 1 atom stereocenters. The average molecular weight is 593 g/mol. The minimum absolute atomic E-state index is 0.0296. The molecule has 0 saturated heterocycles. The number of rotatable bonds is 7. The molecule has 5 N–H and O–H groups in total. The van der Waals surface area contributed by atoms with Crippen molar-refractivity contribution in [1.29, 1.82) is 0 Å². The molecule has 7 rings (SSSR count). The van der Waals surface area contributed by atoms with Gasteiger partial charge in [-0.1, -0.05) is 29.4 Å². The van der Waals surface area contributed by atoms with Crippen molar-refractivity contribution >= 4 is 28.9 Å². The van der Waals surface area contributed by atoms with Crippen molar-refractivity contribution in [3.8, 4) is 11.4 Å². The van der Waals surface area contributed by atoms with E-state index in [1.54, 1.807) is 11.0 Å². The molecule has 5 aromatic rings. The fourth-order valence-electron chi connectivity index (χ4n) is 5.81. The standard InChI is InChI=1S/C30H24N8O6/c31-23-24(26(40)25(23)39)38-8-7-15-2-1-14(9-22(15)38)12-32-28(41)20-11-21(34-13-33-20)29(42)35-19-6-4-16-10-17(3-5-18(16)19)27-36-30(43)44-37-27/h1-3,5,9-11,13,19H,4,6-8,12,31H2,(H,32,41)(H,35,42)(H,36,37,43)/t19-/m0/s1. The van der Waals surface area contributed by atoms with E-state index in [-0.39, 0.29) is 35.3 Å². The van der Waals surface area contributed by atoms with E-state index in [9.17, 15) is 24.0 Å². The lowest BCUT2D eigenvalue weighted by molar-refractivity contribution is 0.0931. The molecule has 0 bridgehead atoms. The van der Waals surface area contributed by atoms with Crippen molar-refractivity contribution in [2.45, 2.75) is 31.8 Å². The number of nitrogens with zero attached hydrogens (tertiary/aromatic N) is 4. The Labute approximate surface area is 247 Å². The van der Waals surface area contributed by atoms with Crippen molar-refractivity contribution in [2.75, 3.05) is 17.2 Å². The van der Waals surface area contributed by atoms with Gasteiger partial charge in [-0.25, -0.2) is 14.8 Å². The first-order valence-electron chi connectivity index (χ1n) is 13.8. The molecule has 0 spiro atoms. The van der Waals surface area contributed by atoms with Crippen molar-refractivity contribution in [1.82, 2.24) is 30.7 Å². The maximum Gasteiger partial charge on any atom is 0.439 e. The van der Waals surface area contributed by atoms with Crippen molar-refractivity contribution in [3.05, 3.63) is 113 Å². The highest BCUT2D eigenvalue weighted by atomic mass is 16.5. The van der Waals surface area contributed by atoms with Gasteiger partial charge >= 0.3 is 5.76 Å². The van der Waals surface area contributed by atoms with Gasteiger partial charge in [0, 0.05) is 30.4 Å². The van der Waals surface area contributed by atoms with E-state index in [0.29, 0.717) is 37.2 Å². The number of benzene rings is 2. The quantitative estimate of drug-likeness (QED) is 0.196. The third kappa shape index (κ3) is 4.62. The van der Waals surface area contributed by atoms with Crippen molar-refractivity contribution in [3.63, 3.8) is 0 Å². The first-order valence-corrected chi connectivity index (χ1v) is 13.8. The number of H-pyrrole nitrogens is 1. The van der Waals surface area contributed by atoms with Gasteiger partial charge in [-0.15, -0.1) is 0 Å². The van der Waals surface area contributed by atoms with Crippen LogP contribution in [0.15, 0.2) is 67.7 Å². The number of nitrogen functional groups attached to an aromatic ring is 1. The number of aromatic nitrogens is 4. The second-order valence-corrected chi connectivity index (χ2v) is 10.7. The summed E-state index contributed by atoms with van der Waals surface area (Å²) in [7, 11) is 0. The second-order valence-electron chi connectivity index (χ2n) is 10.7. The summed E-state index contributed by atoms with van der Waals surface area (Å²) in [6, 6.07) is 12.3. The highest BCUT2D eigenvalue weighted by molar-refractivity contribution is 5.97. The van der Waals surface area contributed by atoms with E-state index in [2.05, 4.69) is 35.3 Å². The Hall–Kier alpha value is -5.92. The number of aryl methyl sites for hydroxylation is 1. The number of nitrogens with two attached hydrogens (primary N) is 1. The average Bonchev–Trinajstić information content (AvgIpc) is 3.78. The van der Waals surface area contributed by atoms with E-state index in [1.807, 2.05) is 30.3 Å². The van der Waals surface area contributed by atoms with Crippen LogP contribution >= 0.6 is 0 Å². The van der Waals surface area contributed by atoms with E-state index in [0.717, 1.165) is 27.9 Å². The Balaban J connectivity index is 1.00. The summed E-state index contributed by atoms with van der Waals surface area (Å²) in [6.45, 7) is 0.695. The maximum absolute atomic E-state index is 13.1. The summed E-state index contributed by atoms with van der Waals surface area (Å²) >= 11 is 0. The largest absolute Gasteiger partial charge is 0.439 e. The number of fused-ring (bicyclic) bond motifs is 2. The summed E-state index contributed by atoms with van der Waals surface area (Å²) in [4.78, 5) is 73.4. The van der Waals surface area contributed by atoms with E-state index >= 15 is 0 Å². The molecular formula is C30H24N8O6. The van der Waals surface area contributed by atoms with Gasteiger partial charge in [0.2, 0.25) is 0 Å². The van der Waals surface area contributed by atoms with Crippen LogP contribution < -0.4 is 37.9 Å². The van der Waals surface area contributed by atoms with Crippen LogP contribution in [0.4, 0.5) is 17.1 Å². The third-order valence-corrected chi connectivity index (χ3v) is 8.06. The molecule has 44 heavy (non-hydrogen) atoms. The van der Waals surface area contributed by atoms with Crippen LogP contribution in [0.1, 0.15) is 55.7 Å². The number of nitrogens with one attached hydrogen (secondary N) is 3. The fraction of sp³-hybridized carbons (Fsp3) is 0.200. The van der Waals surface area contributed by atoms with Gasteiger partial charge in [0.1, 0.15) is 29.1 Å². The Morgan fingerprint density at radius 2 is 1.80 bits per heavy atom. The topological polar surface area (TPSA) is 206 Å². The Bertz CT molecular complexity index is 2110. The van der Waals surface area contributed by atoms with Crippen LogP contribution in [-0.2, 0) is 19.4 Å². The van der Waals surface area contributed by atoms with E-state index in [1.165, 1.54) is 12.4 Å². The SMILES string of the molecule is Nc1c(N2CCc3ccc(CNC(=O)c4cc(C(=O)N[C@H]5CCc6cc(-c7noc(=O)[nH]7)ccc65)ncn4)cc32)c(=O)c1=O. The molecule has 14 heteroatoms. The van der Waals surface area contributed by atoms with Gasteiger partial charge in [0.05, 0.1) is 6.04 Å². The van der Waals surface area contributed by atoms with Crippen LogP contribution in [0.2, 0.25) is 0 Å². The zero-order valence-corrected chi connectivity index (χ0v) is 23.0. The van der Waals surface area contributed by atoms with E-state index in [4.69, 9.17) is 5.73 Å². The summed E-state index contributed by atoms with van der Waals surface area (Å²) in [5.41, 5.74) is 10.0. The van der Waals surface area contributed by atoms with Gasteiger partial charge in [-0.2, -0.15) is 0 Å². The summed E-state index contributed by atoms with van der Waals surface area (Å²) in [5, 5.41) is 9.50. The maximum atomic E-state index is 13.1. The minimum atomic E-state index is -0.667. The van der Waals surface area contributed by atoms with Gasteiger partial charge in [-0.05, 0) is 53.6 Å². The summed E-state index contributed by atoms with van der Waals surface area (Å²) in [6.07, 6.45) is 3.25. The van der Waals surface area contributed by atoms with Crippen molar-refractivity contribution < 1.29 is 14.1 Å². The number of hydrogen-bond donors (Lipinski definition) is 4. The van der Waals surface area contributed by atoms with Gasteiger partial charge in [-0.3, -0.25) is 28.7 Å². The molecular weight excluding hydrogens is 568 g/mol. The highest BCUT2D eigenvalue weighted by Gasteiger charge is 2.30. The summed E-state index contributed by atoms with van der Waals surface area (Å²) in [5.74, 6) is -1.23. The van der Waals surface area contributed by atoms with Gasteiger partial charge in [0.25, 0.3) is 22.7 Å². The fourth-order valence-corrected chi connectivity index (χ4v) is 5.81. The number of carbonyl (C=O) groups excluding carboxylic acids is 2. The predicted molar refractivity (Wildman–Crippen MR) is 157 cm³/mol. The lowest BCUT2D eigenvalue weighted by Gasteiger charge is -2.22. The molecule has 1 aliphatic heterocycles. The van der Waals surface area contributed by atoms with Crippen LogP contribution in [0.5, 0.6) is 0 Å². The van der Waals surface area contributed by atoms with Crippen molar-refractivity contribution in [2.24, 2.45) is 0 Å². The van der Waals surface area contributed by atoms with Crippen LogP contribution in [0.25, 0.3) is 11.4 Å². The van der Waals surface area contributed by atoms with E-state index < -0.39 is 28.4 Å². The molecule has 0 saturated carbocycles. The molecule has 2 aliphatic rings. The lowest BCUT2D eigenvalue weighted by Crippen LogP contribution is -2.40. The monoisotopic (exact) mass is 592 g/mol. The second kappa shape index (κ2) is 10.4. The molecule has 3 aromatic carbocycles. The first kappa shape index (κ1) is 26.9. The minimum Gasteiger partial charge on any atom is -0.394 e. The first-order chi connectivity index (χ1) is 21.3. The van der Waals surface area contributed by atoms with Gasteiger partial charge in [0.15, 0.2) is 5.82 Å².